The Morgan fingerprint density at radius 1 is 1.17 bits per heavy atom. The molecule has 156 valence electrons. The van der Waals surface area contributed by atoms with Crippen LogP contribution in [0.2, 0.25) is 0 Å². The predicted molar refractivity (Wildman–Crippen MR) is 110 cm³/mol. The Hall–Kier alpha value is -3.07. The minimum absolute atomic E-state index is 0.0126. The van der Waals surface area contributed by atoms with E-state index in [-0.39, 0.29) is 18.1 Å². The van der Waals surface area contributed by atoms with E-state index in [0.717, 1.165) is 17.2 Å². The molecule has 2 aromatic carbocycles. The summed E-state index contributed by atoms with van der Waals surface area (Å²) in [5.74, 6) is 1.48. The maximum Gasteiger partial charge on any atom is 0.416 e. The van der Waals surface area contributed by atoms with Gasteiger partial charge in [-0.3, -0.25) is 5.10 Å². The molecule has 9 heteroatoms. The maximum absolute atomic E-state index is 13.2. The van der Waals surface area contributed by atoms with Gasteiger partial charge in [0.1, 0.15) is 6.61 Å². The number of fused-ring (bicyclic) bond motifs is 1. The largest absolute Gasteiger partial charge is 0.493 e. The van der Waals surface area contributed by atoms with Crippen molar-refractivity contribution in [3.8, 4) is 11.5 Å². The molecule has 0 aliphatic carbocycles. The van der Waals surface area contributed by atoms with Crippen molar-refractivity contribution in [3.63, 3.8) is 0 Å². The van der Waals surface area contributed by atoms with Gasteiger partial charge in [-0.1, -0.05) is 36.5 Å². The van der Waals surface area contributed by atoms with Gasteiger partial charge >= 0.3 is 6.18 Å². The number of aromatic amines is 1. The number of halogens is 3. The van der Waals surface area contributed by atoms with Gasteiger partial charge < -0.3 is 14.8 Å². The summed E-state index contributed by atoms with van der Waals surface area (Å²) in [6.45, 7) is -0.227. The van der Waals surface area contributed by atoms with E-state index in [1.807, 2.05) is 18.3 Å². The predicted octanol–water partition coefficient (Wildman–Crippen LogP) is 5.29. The molecule has 4 rings (SSSR count). The lowest BCUT2D eigenvalue weighted by Gasteiger charge is -2.24. The van der Waals surface area contributed by atoms with E-state index in [2.05, 4.69) is 15.5 Å². The van der Waals surface area contributed by atoms with E-state index in [9.17, 15) is 13.2 Å². The van der Waals surface area contributed by atoms with Gasteiger partial charge in [0.25, 0.3) is 0 Å². The summed E-state index contributed by atoms with van der Waals surface area (Å²) in [6, 6.07) is 10.7. The van der Waals surface area contributed by atoms with Gasteiger partial charge in [-0.2, -0.15) is 18.3 Å². The topological polar surface area (TPSA) is 59.2 Å². The second kappa shape index (κ2) is 7.98. The van der Waals surface area contributed by atoms with E-state index in [4.69, 9.17) is 21.7 Å². The molecule has 30 heavy (non-hydrogen) atoms. The van der Waals surface area contributed by atoms with Crippen molar-refractivity contribution in [1.82, 2.24) is 10.2 Å². The van der Waals surface area contributed by atoms with Crippen LogP contribution in [0.4, 0.5) is 19.0 Å². The number of methoxy groups -OCH3 is 1. The van der Waals surface area contributed by atoms with Crippen LogP contribution >= 0.6 is 12.2 Å². The van der Waals surface area contributed by atoms with E-state index < -0.39 is 11.7 Å². The third kappa shape index (κ3) is 3.97. The van der Waals surface area contributed by atoms with Gasteiger partial charge in [0.05, 0.1) is 17.7 Å². The Labute approximate surface area is 176 Å². The van der Waals surface area contributed by atoms with Crippen LogP contribution in [0.1, 0.15) is 34.6 Å². The molecular weight excluding hydrogens is 415 g/mol. The SMILES string of the molecule is COc1cc(C2CC(=S)Nc3n[nH]cc32)ccc1OCc1ccccc1C(F)(F)F. The quantitative estimate of drug-likeness (QED) is 0.536. The Morgan fingerprint density at radius 2 is 1.97 bits per heavy atom. The number of thiocarbonyl (C=S) groups is 1. The first-order valence-corrected chi connectivity index (χ1v) is 9.57. The van der Waals surface area contributed by atoms with Gasteiger partial charge in [0.15, 0.2) is 17.3 Å². The lowest BCUT2D eigenvalue weighted by Crippen LogP contribution is -2.21. The van der Waals surface area contributed by atoms with Crippen LogP contribution in [-0.4, -0.2) is 22.3 Å². The van der Waals surface area contributed by atoms with Crippen LogP contribution in [0.15, 0.2) is 48.7 Å². The first-order valence-electron chi connectivity index (χ1n) is 9.16. The van der Waals surface area contributed by atoms with Crippen molar-refractivity contribution in [2.75, 3.05) is 12.4 Å². The summed E-state index contributed by atoms with van der Waals surface area (Å²) in [4.78, 5) is 0.683. The van der Waals surface area contributed by atoms with Crippen LogP contribution in [0.25, 0.3) is 0 Å². The second-order valence-corrected chi connectivity index (χ2v) is 7.34. The number of hydrogen-bond acceptors (Lipinski definition) is 4. The van der Waals surface area contributed by atoms with Crippen LogP contribution in [0, 0.1) is 0 Å². The van der Waals surface area contributed by atoms with E-state index in [1.165, 1.54) is 19.2 Å². The number of aromatic nitrogens is 2. The zero-order valence-corrected chi connectivity index (χ0v) is 16.7. The minimum atomic E-state index is -4.44. The van der Waals surface area contributed by atoms with Crippen LogP contribution in [0.3, 0.4) is 0 Å². The van der Waals surface area contributed by atoms with E-state index in [0.29, 0.717) is 28.7 Å². The Bertz CT molecular complexity index is 1080. The third-order valence-corrected chi connectivity index (χ3v) is 5.26. The number of nitrogens with one attached hydrogen (secondary N) is 2. The molecule has 0 saturated heterocycles. The zero-order valence-electron chi connectivity index (χ0n) is 15.9. The maximum atomic E-state index is 13.2. The highest BCUT2D eigenvalue weighted by Gasteiger charge is 2.33. The number of rotatable bonds is 5. The molecule has 1 aliphatic rings. The molecular formula is C21H18F3N3O2S. The number of hydrogen-bond donors (Lipinski definition) is 2. The highest BCUT2D eigenvalue weighted by Crippen LogP contribution is 2.40. The van der Waals surface area contributed by atoms with Gasteiger partial charge in [0.2, 0.25) is 0 Å². The van der Waals surface area contributed by atoms with Crippen molar-refractivity contribution in [2.45, 2.75) is 25.1 Å². The molecule has 0 saturated carbocycles. The first-order chi connectivity index (χ1) is 14.4. The monoisotopic (exact) mass is 433 g/mol. The van der Waals surface area contributed by atoms with Gasteiger partial charge in [-0.15, -0.1) is 0 Å². The first kappa shape index (κ1) is 20.2. The highest BCUT2D eigenvalue weighted by atomic mass is 32.1. The van der Waals surface area contributed by atoms with Crippen LogP contribution < -0.4 is 14.8 Å². The lowest BCUT2D eigenvalue weighted by molar-refractivity contribution is -0.138. The molecule has 3 aromatic rings. The second-order valence-electron chi connectivity index (χ2n) is 6.85. The van der Waals surface area contributed by atoms with Crippen LogP contribution in [0.5, 0.6) is 11.5 Å². The van der Waals surface area contributed by atoms with Crippen molar-refractivity contribution in [2.24, 2.45) is 0 Å². The number of alkyl halides is 3. The standard InChI is InChI=1S/C21H18F3N3O2S/c1-28-18-8-12(14-9-19(30)26-20-15(14)10-25-27-20)6-7-17(18)29-11-13-4-2-3-5-16(13)21(22,23)24/h2-8,10,14H,9,11H2,1H3,(H2,25,26,27,30). The van der Waals surface area contributed by atoms with E-state index >= 15 is 0 Å². The fraction of sp³-hybridized carbons (Fsp3) is 0.238. The van der Waals surface area contributed by atoms with Crippen molar-refractivity contribution < 1.29 is 22.6 Å². The number of benzene rings is 2. The molecule has 0 amide bonds. The normalized spacial score (nSPS) is 16.0. The van der Waals surface area contributed by atoms with Crippen molar-refractivity contribution >= 4 is 23.0 Å². The Morgan fingerprint density at radius 3 is 2.73 bits per heavy atom. The highest BCUT2D eigenvalue weighted by molar-refractivity contribution is 7.80. The summed E-state index contributed by atoms with van der Waals surface area (Å²) in [7, 11) is 1.49. The van der Waals surface area contributed by atoms with Crippen LogP contribution in [-0.2, 0) is 12.8 Å². The lowest BCUT2D eigenvalue weighted by atomic mass is 9.87. The zero-order chi connectivity index (χ0) is 21.3. The van der Waals surface area contributed by atoms with Crippen molar-refractivity contribution in [3.05, 3.63) is 70.9 Å². The Kier molecular flexibility index (Phi) is 5.38. The molecule has 2 heterocycles. The molecule has 0 spiro atoms. The summed E-state index contributed by atoms with van der Waals surface area (Å²) < 4.78 is 50.7. The van der Waals surface area contributed by atoms with Gasteiger partial charge in [-0.05, 0) is 23.8 Å². The number of anilines is 1. The number of nitrogens with zero attached hydrogens (tertiary/aromatic N) is 1. The Balaban J connectivity index is 1.59. The molecule has 0 bridgehead atoms. The summed E-state index contributed by atoms with van der Waals surface area (Å²) >= 11 is 5.34. The molecule has 1 unspecified atom stereocenters. The fourth-order valence-corrected chi connectivity index (χ4v) is 3.80. The average Bonchev–Trinajstić information content (AvgIpc) is 3.19. The van der Waals surface area contributed by atoms with E-state index in [1.54, 1.807) is 12.1 Å². The molecule has 1 atom stereocenters. The van der Waals surface area contributed by atoms with Crippen molar-refractivity contribution in [1.29, 1.82) is 0 Å². The average molecular weight is 433 g/mol. The van der Waals surface area contributed by atoms with Gasteiger partial charge in [0, 0.05) is 29.7 Å². The third-order valence-electron chi connectivity index (χ3n) is 4.99. The number of ether oxygens (including phenoxy) is 2. The summed E-state index contributed by atoms with van der Waals surface area (Å²) in [5.41, 5.74) is 1.28. The summed E-state index contributed by atoms with van der Waals surface area (Å²) in [5, 5.41) is 10.1. The molecule has 0 radical (unpaired) electrons. The fourth-order valence-electron chi connectivity index (χ4n) is 3.54. The summed E-state index contributed by atoms with van der Waals surface area (Å²) in [6.07, 6.45) is -2.01. The molecule has 0 fully saturated rings. The smallest absolute Gasteiger partial charge is 0.416 e. The molecule has 2 N–H and O–H groups in total. The molecule has 5 nitrogen and oxygen atoms in total. The molecule has 1 aliphatic heterocycles. The number of H-pyrrole nitrogens is 1. The molecule has 1 aromatic heterocycles. The minimum Gasteiger partial charge on any atom is -0.493 e. The van der Waals surface area contributed by atoms with Gasteiger partial charge in [-0.25, -0.2) is 0 Å².